The Balaban J connectivity index is 0.00000288. The number of aliphatic imine (C=N–C) groups is 1. The predicted octanol–water partition coefficient (Wildman–Crippen LogP) is 1.98. The van der Waals surface area contributed by atoms with Gasteiger partial charge in [0.2, 0.25) is 0 Å². The van der Waals surface area contributed by atoms with Gasteiger partial charge in [-0.05, 0) is 25.5 Å². The summed E-state index contributed by atoms with van der Waals surface area (Å²) in [6.45, 7) is 6.10. The van der Waals surface area contributed by atoms with E-state index in [1.165, 1.54) is 0 Å². The molecule has 0 bridgehead atoms. The largest absolute Gasteiger partial charge is 0.383 e. The quantitative estimate of drug-likeness (QED) is 0.388. The lowest BCUT2D eigenvalue weighted by Gasteiger charge is -2.17. The Morgan fingerprint density at radius 2 is 2.25 bits per heavy atom. The first kappa shape index (κ1) is 20.4. The van der Waals surface area contributed by atoms with Crippen LogP contribution in [0, 0.1) is 0 Å². The molecule has 2 heterocycles. The number of nitrogens with one attached hydrogen (secondary N) is 2. The van der Waals surface area contributed by atoms with Crippen LogP contribution >= 0.6 is 24.0 Å². The lowest BCUT2D eigenvalue weighted by atomic mass is 10.3. The monoisotopic (exact) mass is 444 g/mol. The first-order chi connectivity index (χ1) is 11.2. The number of methoxy groups -OCH3 is 1. The van der Waals surface area contributed by atoms with Crippen molar-refractivity contribution in [1.29, 1.82) is 0 Å². The molecule has 1 unspecified atom stereocenters. The van der Waals surface area contributed by atoms with Crippen molar-refractivity contribution < 1.29 is 4.74 Å². The predicted molar refractivity (Wildman–Crippen MR) is 106 cm³/mol. The van der Waals surface area contributed by atoms with E-state index in [0.29, 0.717) is 13.2 Å². The molecule has 0 aliphatic rings. The van der Waals surface area contributed by atoms with Gasteiger partial charge in [0.1, 0.15) is 12.1 Å². The van der Waals surface area contributed by atoms with Gasteiger partial charge < -0.3 is 15.4 Å². The van der Waals surface area contributed by atoms with E-state index in [1.807, 2.05) is 36.0 Å². The van der Waals surface area contributed by atoms with E-state index in [2.05, 4.69) is 32.5 Å². The highest BCUT2D eigenvalue weighted by atomic mass is 127. The van der Waals surface area contributed by atoms with Crippen molar-refractivity contribution in [3.05, 3.63) is 42.6 Å². The molecule has 24 heavy (non-hydrogen) atoms. The number of halogens is 1. The Morgan fingerprint density at radius 1 is 1.42 bits per heavy atom. The molecule has 7 nitrogen and oxygen atoms in total. The molecule has 0 aliphatic carbocycles. The second-order valence-electron chi connectivity index (χ2n) is 5.19. The Bertz CT molecular complexity index is 600. The molecule has 2 N–H and O–H groups in total. The van der Waals surface area contributed by atoms with Crippen LogP contribution < -0.4 is 10.6 Å². The van der Waals surface area contributed by atoms with Gasteiger partial charge in [-0.1, -0.05) is 6.07 Å². The van der Waals surface area contributed by atoms with E-state index < -0.39 is 0 Å². The minimum absolute atomic E-state index is 0. The van der Waals surface area contributed by atoms with Crippen LogP contribution in [-0.2, 0) is 11.3 Å². The zero-order chi connectivity index (χ0) is 16.5. The smallest absolute Gasteiger partial charge is 0.191 e. The molecular formula is C16H25IN6O. The van der Waals surface area contributed by atoms with E-state index in [0.717, 1.165) is 23.9 Å². The first-order valence-electron chi connectivity index (χ1n) is 7.70. The van der Waals surface area contributed by atoms with Crippen molar-refractivity contribution in [2.75, 3.05) is 20.3 Å². The molecule has 1 atom stereocenters. The summed E-state index contributed by atoms with van der Waals surface area (Å²) in [6.07, 6.45) is 7.16. The third kappa shape index (κ3) is 6.44. The van der Waals surface area contributed by atoms with E-state index in [4.69, 9.17) is 4.74 Å². The van der Waals surface area contributed by atoms with Gasteiger partial charge in [0.25, 0.3) is 0 Å². The zero-order valence-electron chi connectivity index (χ0n) is 14.3. The van der Waals surface area contributed by atoms with Crippen molar-refractivity contribution in [2.24, 2.45) is 4.99 Å². The summed E-state index contributed by atoms with van der Waals surface area (Å²) >= 11 is 0. The SMILES string of the molecule is CCNC(=NCc1ccc(-n2ccnc2)nc1)NC(C)COC.I. The van der Waals surface area contributed by atoms with Gasteiger partial charge in [-0.2, -0.15) is 0 Å². The highest BCUT2D eigenvalue weighted by Crippen LogP contribution is 2.06. The summed E-state index contributed by atoms with van der Waals surface area (Å²) in [5.74, 6) is 1.62. The molecule has 0 aromatic carbocycles. The number of hydrogen-bond acceptors (Lipinski definition) is 4. The molecule has 0 radical (unpaired) electrons. The van der Waals surface area contributed by atoms with Gasteiger partial charge in [-0.3, -0.25) is 4.57 Å². The third-order valence-corrected chi connectivity index (χ3v) is 3.14. The molecule has 0 aliphatic heterocycles. The van der Waals surface area contributed by atoms with E-state index in [9.17, 15) is 0 Å². The van der Waals surface area contributed by atoms with Gasteiger partial charge in [-0.25, -0.2) is 15.0 Å². The summed E-state index contributed by atoms with van der Waals surface area (Å²) in [4.78, 5) is 13.0. The lowest BCUT2D eigenvalue weighted by molar-refractivity contribution is 0.179. The number of guanidine groups is 1. The van der Waals surface area contributed by atoms with Crippen LogP contribution in [0.3, 0.4) is 0 Å². The first-order valence-corrected chi connectivity index (χ1v) is 7.70. The van der Waals surface area contributed by atoms with Gasteiger partial charge in [0, 0.05) is 38.3 Å². The summed E-state index contributed by atoms with van der Waals surface area (Å²) < 4.78 is 7.00. The average molecular weight is 444 g/mol. The second-order valence-corrected chi connectivity index (χ2v) is 5.19. The maximum atomic E-state index is 5.13. The highest BCUT2D eigenvalue weighted by Gasteiger charge is 2.04. The number of aromatic nitrogens is 3. The van der Waals surface area contributed by atoms with Gasteiger partial charge in [0.15, 0.2) is 5.96 Å². The maximum Gasteiger partial charge on any atom is 0.191 e. The van der Waals surface area contributed by atoms with Crippen LogP contribution in [0.5, 0.6) is 0 Å². The Morgan fingerprint density at radius 3 is 2.83 bits per heavy atom. The number of rotatable bonds is 7. The van der Waals surface area contributed by atoms with Crippen LogP contribution in [0.1, 0.15) is 19.4 Å². The fourth-order valence-electron chi connectivity index (χ4n) is 2.07. The summed E-state index contributed by atoms with van der Waals surface area (Å²) in [7, 11) is 1.69. The number of pyridine rings is 1. The molecule has 0 fully saturated rings. The minimum Gasteiger partial charge on any atom is -0.383 e. The molecule has 0 spiro atoms. The molecule has 2 rings (SSSR count). The van der Waals surface area contributed by atoms with Crippen molar-refractivity contribution >= 4 is 29.9 Å². The molecule has 0 saturated carbocycles. The van der Waals surface area contributed by atoms with Gasteiger partial charge >= 0.3 is 0 Å². The van der Waals surface area contributed by atoms with Crippen LogP contribution in [0.25, 0.3) is 5.82 Å². The minimum atomic E-state index is 0. The summed E-state index contributed by atoms with van der Waals surface area (Å²) in [6, 6.07) is 4.17. The number of nitrogens with zero attached hydrogens (tertiary/aromatic N) is 4. The van der Waals surface area contributed by atoms with Gasteiger partial charge in [-0.15, -0.1) is 24.0 Å². The third-order valence-electron chi connectivity index (χ3n) is 3.14. The average Bonchev–Trinajstić information content (AvgIpc) is 3.08. The fourth-order valence-corrected chi connectivity index (χ4v) is 2.07. The molecule has 0 saturated heterocycles. The molecular weight excluding hydrogens is 419 g/mol. The van der Waals surface area contributed by atoms with E-state index in [1.54, 1.807) is 19.6 Å². The standard InChI is InChI=1S/C16H24N6O.HI/c1-4-18-16(21-13(2)11-23-3)20-10-14-5-6-15(19-9-14)22-8-7-17-12-22;/h5-9,12-13H,4,10-11H2,1-3H3,(H2,18,20,21);1H. The Labute approximate surface area is 160 Å². The van der Waals surface area contributed by atoms with Crippen molar-refractivity contribution in [3.8, 4) is 5.82 Å². The second kappa shape index (κ2) is 11.0. The number of ether oxygens (including phenoxy) is 1. The van der Waals surface area contributed by atoms with Crippen molar-refractivity contribution in [2.45, 2.75) is 26.4 Å². The van der Waals surface area contributed by atoms with Gasteiger partial charge in [0.05, 0.1) is 13.2 Å². The normalized spacial score (nSPS) is 12.4. The number of imidazole rings is 1. The molecule has 8 heteroatoms. The Hall–Kier alpha value is -1.68. The molecule has 0 amide bonds. The highest BCUT2D eigenvalue weighted by molar-refractivity contribution is 14.0. The van der Waals surface area contributed by atoms with Crippen LogP contribution in [0.2, 0.25) is 0 Å². The topological polar surface area (TPSA) is 76.4 Å². The van der Waals surface area contributed by atoms with Crippen LogP contribution in [-0.4, -0.2) is 46.8 Å². The molecule has 2 aromatic rings. The van der Waals surface area contributed by atoms with E-state index in [-0.39, 0.29) is 30.0 Å². The van der Waals surface area contributed by atoms with Crippen LogP contribution in [0.4, 0.5) is 0 Å². The summed E-state index contributed by atoms with van der Waals surface area (Å²) in [5, 5.41) is 6.53. The molecule has 132 valence electrons. The fraction of sp³-hybridized carbons (Fsp3) is 0.438. The van der Waals surface area contributed by atoms with Crippen molar-refractivity contribution in [3.63, 3.8) is 0 Å². The van der Waals surface area contributed by atoms with Crippen LogP contribution in [0.15, 0.2) is 42.0 Å². The molecule has 2 aromatic heterocycles. The van der Waals surface area contributed by atoms with E-state index >= 15 is 0 Å². The summed E-state index contributed by atoms with van der Waals surface area (Å²) in [5.41, 5.74) is 1.05. The van der Waals surface area contributed by atoms with Crippen molar-refractivity contribution in [1.82, 2.24) is 25.2 Å². The Kier molecular flexibility index (Phi) is 9.31. The number of hydrogen-bond donors (Lipinski definition) is 2. The zero-order valence-corrected chi connectivity index (χ0v) is 16.6. The maximum absolute atomic E-state index is 5.13. The lowest BCUT2D eigenvalue weighted by Crippen LogP contribution is -2.43.